The normalized spacial score (nSPS) is 10.8. The summed E-state index contributed by atoms with van der Waals surface area (Å²) in [5.74, 6) is -0.0947. The molecule has 0 saturated carbocycles. The number of thiazole rings is 1. The van der Waals surface area contributed by atoms with E-state index in [9.17, 15) is 9.59 Å². The Morgan fingerprint density at radius 2 is 2.27 bits per heavy atom. The van der Waals surface area contributed by atoms with Gasteiger partial charge in [0.2, 0.25) is 0 Å². The van der Waals surface area contributed by atoms with Crippen molar-refractivity contribution >= 4 is 54.9 Å². The number of nitrogens with one attached hydrogen (secondary N) is 1. The topological polar surface area (TPSA) is 49.9 Å². The third kappa shape index (κ3) is 2.00. The lowest BCUT2D eigenvalue weighted by molar-refractivity contribution is 0.102. The van der Waals surface area contributed by atoms with Gasteiger partial charge in [0, 0.05) is 5.56 Å². The number of carbonyl (C=O) groups excluding carboxylic acids is 1. The molecule has 0 bridgehead atoms. The molecule has 2 aromatic rings. The minimum atomic E-state index is -0.149. The first-order valence-corrected chi connectivity index (χ1v) is 6.35. The maximum Gasteiger partial charge on any atom is 0.305 e. The number of Topliss-reactive ketones (excluding diaryl/α,β-unsaturated/α-hetero) is 1. The van der Waals surface area contributed by atoms with Crippen LogP contribution in [0.3, 0.4) is 0 Å². The second-order valence-corrected chi connectivity index (χ2v) is 4.88. The summed E-state index contributed by atoms with van der Waals surface area (Å²) in [5.41, 5.74) is 1.11. The Morgan fingerprint density at radius 3 is 2.93 bits per heavy atom. The summed E-state index contributed by atoms with van der Waals surface area (Å²) >= 11 is 10.1. The molecule has 0 aliphatic carbocycles. The van der Waals surface area contributed by atoms with Crippen LogP contribution in [0.4, 0.5) is 0 Å². The zero-order chi connectivity index (χ0) is 11.0. The third-order valence-corrected chi connectivity index (χ3v) is 3.60. The zero-order valence-electron chi connectivity index (χ0n) is 7.34. The number of halogens is 2. The van der Waals surface area contributed by atoms with E-state index in [0.29, 0.717) is 16.1 Å². The second-order valence-electron chi connectivity index (χ2n) is 2.90. The summed E-state index contributed by atoms with van der Waals surface area (Å²) in [4.78, 5) is 25.0. The van der Waals surface area contributed by atoms with Crippen molar-refractivity contribution in [3.63, 3.8) is 0 Å². The fourth-order valence-electron chi connectivity index (χ4n) is 1.26. The largest absolute Gasteiger partial charge is 0.312 e. The first-order valence-electron chi connectivity index (χ1n) is 4.03. The number of ketones is 1. The van der Waals surface area contributed by atoms with E-state index in [1.807, 2.05) is 0 Å². The molecule has 0 unspecified atom stereocenters. The van der Waals surface area contributed by atoms with Crippen molar-refractivity contribution < 1.29 is 4.79 Å². The summed E-state index contributed by atoms with van der Waals surface area (Å²) < 4.78 is 0.744. The molecule has 1 N–H and O–H groups in total. The van der Waals surface area contributed by atoms with Gasteiger partial charge in [-0.1, -0.05) is 38.9 Å². The molecule has 0 aliphatic heterocycles. The first-order chi connectivity index (χ1) is 7.11. The molecule has 0 amide bonds. The number of alkyl halides is 1. The van der Waals surface area contributed by atoms with E-state index in [-0.39, 0.29) is 16.0 Å². The highest BCUT2D eigenvalue weighted by Gasteiger charge is 2.11. The Hall–Kier alpha value is -0.650. The van der Waals surface area contributed by atoms with E-state index in [4.69, 9.17) is 11.6 Å². The number of fused-ring (bicyclic) bond motifs is 1. The van der Waals surface area contributed by atoms with Gasteiger partial charge < -0.3 is 4.98 Å². The van der Waals surface area contributed by atoms with Crippen LogP contribution in [-0.2, 0) is 0 Å². The highest BCUT2D eigenvalue weighted by Crippen LogP contribution is 2.25. The van der Waals surface area contributed by atoms with E-state index in [2.05, 4.69) is 20.9 Å². The molecule has 0 radical (unpaired) electrons. The SMILES string of the molecule is O=C(CBr)c1cc2sc(=O)[nH]c2cc1Cl. The van der Waals surface area contributed by atoms with Crippen LogP contribution in [0.25, 0.3) is 10.2 Å². The van der Waals surface area contributed by atoms with Gasteiger partial charge in [0.15, 0.2) is 5.78 Å². The molecule has 1 heterocycles. The van der Waals surface area contributed by atoms with Gasteiger partial charge in [0.1, 0.15) is 0 Å². The number of hydrogen-bond donors (Lipinski definition) is 1. The molecule has 2 rings (SSSR count). The lowest BCUT2D eigenvalue weighted by atomic mass is 10.1. The molecular weight excluding hydrogens is 302 g/mol. The monoisotopic (exact) mass is 305 g/mol. The van der Waals surface area contributed by atoms with Crippen molar-refractivity contribution in [2.45, 2.75) is 0 Å². The number of aromatic amines is 1. The summed E-state index contributed by atoms with van der Waals surface area (Å²) in [6, 6.07) is 3.24. The van der Waals surface area contributed by atoms with Crippen LogP contribution in [0, 0.1) is 0 Å². The molecule has 3 nitrogen and oxygen atoms in total. The minimum Gasteiger partial charge on any atom is -0.312 e. The van der Waals surface area contributed by atoms with Crippen LogP contribution in [0.1, 0.15) is 10.4 Å². The van der Waals surface area contributed by atoms with Gasteiger partial charge in [-0.15, -0.1) is 0 Å². The number of rotatable bonds is 2. The second kappa shape index (κ2) is 4.08. The quantitative estimate of drug-likeness (QED) is 0.685. The van der Waals surface area contributed by atoms with Gasteiger partial charge >= 0.3 is 4.87 Å². The fraction of sp³-hybridized carbons (Fsp3) is 0.111. The Labute approximate surface area is 102 Å². The number of aromatic nitrogens is 1. The maximum atomic E-state index is 11.5. The molecule has 0 fully saturated rings. The van der Waals surface area contributed by atoms with Gasteiger partial charge in [-0.25, -0.2) is 0 Å². The molecule has 15 heavy (non-hydrogen) atoms. The summed E-state index contributed by atoms with van der Waals surface area (Å²) in [6.07, 6.45) is 0. The van der Waals surface area contributed by atoms with Crippen LogP contribution in [0.5, 0.6) is 0 Å². The maximum absolute atomic E-state index is 11.5. The average Bonchev–Trinajstić information content (AvgIpc) is 2.55. The van der Waals surface area contributed by atoms with Crippen molar-refractivity contribution in [1.29, 1.82) is 0 Å². The number of carbonyl (C=O) groups is 1. The molecule has 0 atom stereocenters. The number of benzene rings is 1. The molecule has 1 aromatic carbocycles. The average molecular weight is 307 g/mol. The van der Waals surface area contributed by atoms with Gasteiger partial charge in [0.25, 0.3) is 0 Å². The lowest BCUT2D eigenvalue weighted by Crippen LogP contribution is -2.00. The molecule has 0 saturated heterocycles. The molecule has 6 heteroatoms. The predicted molar refractivity (Wildman–Crippen MR) is 65.6 cm³/mol. The van der Waals surface area contributed by atoms with Crippen molar-refractivity contribution in [3.05, 3.63) is 32.4 Å². The van der Waals surface area contributed by atoms with E-state index in [1.54, 1.807) is 12.1 Å². The van der Waals surface area contributed by atoms with E-state index in [1.165, 1.54) is 0 Å². The van der Waals surface area contributed by atoms with Gasteiger partial charge in [-0.2, -0.15) is 0 Å². The molecule has 0 aliphatic rings. The van der Waals surface area contributed by atoms with Crippen LogP contribution in [0.15, 0.2) is 16.9 Å². The Bertz CT molecular complexity index is 589. The number of H-pyrrole nitrogens is 1. The van der Waals surface area contributed by atoms with Gasteiger partial charge in [-0.05, 0) is 12.1 Å². The smallest absolute Gasteiger partial charge is 0.305 e. The van der Waals surface area contributed by atoms with Crippen LogP contribution in [0.2, 0.25) is 5.02 Å². The fourth-order valence-corrected chi connectivity index (χ4v) is 2.59. The van der Waals surface area contributed by atoms with Crippen molar-refractivity contribution in [3.8, 4) is 0 Å². The third-order valence-electron chi connectivity index (χ3n) is 1.93. The van der Waals surface area contributed by atoms with Crippen LogP contribution >= 0.6 is 38.9 Å². The van der Waals surface area contributed by atoms with E-state index in [0.717, 1.165) is 16.0 Å². The van der Waals surface area contributed by atoms with Crippen LogP contribution < -0.4 is 4.87 Å². The predicted octanol–water partition coefficient (Wildman–Crippen LogP) is 2.82. The summed E-state index contributed by atoms with van der Waals surface area (Å²) in [6.45, 7) is 0. The van der Waals surface area contributed by atoms with E-state index < -0.39 is 0 Å². The molecule has 0 spiro atoms. The van der Waals surface area contributed by atoms with Gasteiger partial charge in [0.05, 0.1) is 20.6 Å². The number of hydrogen-bond acceptors (Lipinski definition) is 3. The Kier molecular flexibility index (Phi) is 2.95. The lowest BCUT2D eigenvalue weighted by Gasteiger charge is -2.00. The van der Waals surface area contributed by atoms with Gasteiger partial charge in [-0.3, -0.25) is 9.59 Å². The van der Waals surface area contributed by atoms with Crippen molar-refractivity contribution in [2.75, 3.05) is 5.33 Å². The summed E-state index contributed by atoms with van der Waals surface area (Å²) in [5, 5.41) is 0.582. The van der Waals surface area contributed by atoms with Crippen molar-refractivity contribution in [2.24, 2.45) is 0 Å². The Balaban J connectivity index is 2.71. The van der Waals surface area contributed by atoms with E-state index >= 15 is 0 Å². The van der Waals surface area contributed by atoms with Crippen LogP contribution in [-0.4, -0.2) is 16.1 Å². The molecule has 78 valence electrons. The minimum absolute atomic E-state index is 0.0947. The highest BCUT2D eigenvalue weighted by molar-refractivity contribution is 9.09. The summed E-state index contributed by atoms with van der Waals surface area (Å²) in [7, 11) is 0. The standard InChI is InChI=1S/C9H5BrClNO2S/c10-3-7(13)4-1-8-6(2-5(4)11)12-9(14)15-8/h1-2H,3H2,(H,12,14). The first kappa shape index (κ1) is 10.9. The zero-order valence-corrected chi connectivity index (χ0v) is 10.5. The molecular formula is C9H5BrClNO2S. The van der Waals surface area contributed by atoms with Crippen molar-refractivity contribution in [1.82, 2.24) is 4.98 Å². The highest BCUT2D eigenvalue weighted by atomic mass is 79.9. The Morgan fingerprint density at radius 1 is 1.53 bits per heavy atom. The molecule has 1 aromatic heterocycles.